The van der Waals surface area contributed by atoms with Gasteiger partial charge in [0.25, 0.3) is 5.56 Å². The van der Waals surface area contributed by atoms with Gasteiger partial charge in [-0.05, 0) is 17.7 Å². The average Bonchev–Trinajstić information content (AvgIpc) is 2.59. The van der Waals surface area contributed by atoms with Crippen LogP contribution in [0.4, 0.5) is 0 Å². The molecule has 0 aliphatic carbocycles. The lowest BCUT2D eigenvalue weighted by molar-refractivity contribution is 0.276. The Kier molecular flexibility index (Phi) is 4.52. The van der Waals surface area contributed by atoms with Crippen LogP contribution in [0.2, 0.25) is 0 Å². The number of aromatic nitrogens is 1. The molecule has 0 radical (unpaired) electrons. The zero-order valence-corrected chi connectivity index (χ0v) is 13.0. The van der Waals surface area contributed by atoms with E-state index in [9.17, 15) is 9.90 Å². The number of aromatic hydroxyl groups is 1. The van der Waals surface area contributed by atoms with Gasteiger partial charge in [0.1, 0.15) is 19.0 Å². The Balaban J connectivity index is 2.06. The van der Waals surface area contributed by atoms with Crippen molar-refractivity contribution in [1.82, 2.24) is 4.98 Å². The summed E-state index contributed by atoms with van der Waals surface area (Å²) in [5, 5.41) is 10.3. The van der Waals surface area contributed by atoms with Crippen LogP contribution in [0, 0.1) is 0 Å². The van der Waals surface area contributed by atoms with Gasteiger partial charge < -0.3 is 19.6 Å². The molecule has 1 aromatic heterocycles. The molecule has 2 N–H and O–H groups in total. The number of fused-ring (bicyclic) bond motifs is 1. The minimum Gasteiger partial charge on any atom is -0.508 e. The van der Waals surface area contributed by atoms with Crippen molar-refractivity contribution < 1.29 is 14.6 Å². The maximum atomic E-state index is 12.3. The molecule has 2 aromatic carbocycles. The van der Waals surface area contributed by atoms with Crippen LogP contribution < -0.4 is 15.0 Å². The standard InChI is InChI=1S/C19H17NO4/c1-2-10-23-18-17(24-12-13-6-4-3-5-7-13)15-9-8-14(21)11-16(15)20-19(18)22/h2-9,11,21H,1,10,12H2,(H,20,22). The number of phenols is 1. The van der Waals surface area contributed by atoms with Crippen molar-refractivity contribution in [2.45, 2.75) is 6.61 Å². The summed E-state index contributed by atoms with van der Waals surface area (Å²) in [5.74, 6) is 0.510. The van der Waals surface area contributed by atoms with Crippen molar-refractivity contribution in [3.05, 3.63) is 77.1 Å². The van der Waals surface area contributed by atoms with Gasteiger partial charge in [0.05, 0.1) is 5.52 Å². The van der Waals surface area contributed by atoms with E-state index in [1.165, 1.54) is 12.1 Å². The molecule has 5 nitrogen and oxygen atoms in total. The predicted molar refractivity (Wildman–Crippen MR) is 92.7 cm³/mol. The lowest BCUT2D eigenvalue weighted by atomic mass is 10.2. The monoisotopic (exact) mass is 323 g/mol. The van der Waals surface area contributed by atoms with Gasteiger partial charge >= 0.3 is 0 Å². The molecule has 3 aromatic rings. The van der Waals surface area contributed by atoms with Gasteiger partial charge in [0.2, 0.25) is 5.75 Å². The second-order valence-corrected chi connectivity index (χ2v) is 5.22. The average molecular weight is 323 g/mol. The van der Waals surface area contributed by atoms with Gasteiger partial charge in [-0.15, -0.1) is 0 Å². The number of ether oxygens (including phenoxy) is 2. The number of aromatic amines is 1. The lowest BCUT2D eigenvalue weighted by Crippen LogP contribution is -2.14. The summed E-state index contributed by atoms with van der Waals surface area (Å²) < 4.78 is 11.4. The van der Waals surface area contributed by atoms with Crippen LogP contribution in [0.15, 0.2) is 66.0 Å². The number of H-pyrrole nitrogens is 1. The fourth-order valence-corrected chi connectivity index (χ4v) is 2.38. The summed E-state index contributed by atoms with van der Waals surface area (Å²) >= 11 is 0. The molecule has 0 bridgehead atoms. The van der Waals surface area contributed by atoms with Crippen LogP contribution in [0.3, 0.4) is 0 Å². The molecule has 0 amide bonds. The van der Waals surface area contributed by atoms with E-state index < -0.39 is 5.56 Å². The van der Waals surface area contributed by atoms with E-state index in [0.717, 1.165) is 5.56 Å². The van der Waals surface area contributed by atoms with Gasteiger partial charge in [0, 0.05) is 11.5 Å². The molecule has 0 aliphatic rings. The van der Waals surface area contributed by atoms with Crippen LogP contribution in [0.25, 0.3) is 10.9 Å². The molecule has 0 saturated carbocycles. The van der Waals surface area contributed by atoms with Crippen molar-refractivity contribution in [3.8, 4) is 17.2 Å². The highest BCUT2D eigenvalue weighted by molar-refractivity contribution is 5.88. The molecular weight excluding hydrogens is 306 g/mol. The molecule has 0 atom stereocenters. The minimum atomic E-state index is -0.419. The van der Waals surface area contributed by atoms with E-state index in [1.54, 1.807) is 12.1 Å². The smallest absolute Gasteiger partial charge is 0.294 e. The molecule has 1 heterocycles. The first-order valence-corrected chi connectivity index (χ1v) is 7.48. The van der Waals surface area contributed by atoms with Crippen molar-refractivity contribution in [1.29, 1.82) is 0 Å². The molecule has 24 heavy (non-hydrogen) atoms. The van der Waals surface area contributed by atoms with E-state index >= 15 is 0 Å². The largest absolute Gasteiger partial charge is 0.508 e. The number of rotatable bonds is 6. The number of hydrogen-bond donors (Lipinski definition) is 2. The van der Waals surface area contributed by atoms with E-state index in [-0.39, 0.29) is 18.1 Å². The molecular formula is C19H17NO4. The highest BCUT2D eigenvalue weighted by Gasteiger charge is 2.16. The summed E-state index contributed by atoms with van der Waals surface area (Å²) in [6.07, 6.45) is 1.56. The second-order valence-electron chi connectivity index (χ2n) is 5.22. The Bertz CT molecular complexity index is 916. The first-order valence-electron chi connectivity index (χ1n) is 7.48. The molecule has 5 heteroatoms. The normalized spacial score (nSPS) is 10.5. The maximum Gasteiger partial charge on any atom is 0.294 e. The van der Waals surface area contributed by atoms with E-state index in [1.807, 2.05) is 30.3 Å². The number of phenolic OH excluding ortho intramolecular Hbond substituents is 1. The van der Waals surface area contributed by atoms with E-state index in [2.05, 4.69) is 11.6 Å². The van der Waals surface area contributed by atoms with Crippen molar-refractivity contribution in [3.63, 3.8) is 0 Å². The molecule has 0 aliphatic heterocycles. The number of hydrogen-bond acceptors (Lipinski definition) is 4. The number of nitrogens with one attached hydrogen (secondary N) is 1. The van der Waals surface area contributed by atoms with Crippen molar-refractivity contribution in [2.75, 3.05) is 6.61 Å². The summed E-state index contributed by atoms with van der Waals surface area (Å²) in [7, 11) is 0. The summed E-state index contributed by atoms with van der Waals surface area (Å²) in [5.41, 5.74) is 1.03. The third-order valence-electron chi connectivity index (χ3n) is 3.48. The molecule has 0 saturated heterocycles. The minimum absolute atomic E-state index is 0.0620. The number of benzene rings is 2. The predicted octanol–water partition coefficient (Wildman–Crippen LogP) is 3.38. The third kappa shape index (κ3) is 3.25. The maximum absolute atomic E-state index is 12.3. The highest BCUT2D eigenvalue weighted by Crippen LogP contribution is 2.33. The highest BCUT2D eigenvalue weighted by atomic mass is 16.5. The Hall–Kier alpha value is -3.21. The van der Waals surface area contributed by atoms with E-state index in [0.29, 0.717) is 23.3 Å². The van der Waals surface area contributed by atoms with Crippen molar-refractivity contribution in [2.24, 2.45) is 0 Å². The first-order chi connectivity index (χ1) is 11.7. The summed E-state index contributed by atoms with van der Waals surface area (Å²) in [6, 6.07) is 14.3. The Morgan fingerprint density at radius 3 is 2.62 bits per heavy atom. The quantitative estimate of drug-likeness (QED) is 0.682. The van der Waals surface area contributed by atoms with Crippen LogP contribution in [-0.2, 0) is 6.61 Å². The van der Waals surface area contributed by atoms with Gasteiger partial charge in [-0.25, -0.2) is 0 Å². The zero-order chi connectivity index (χ0) is 16.9. The van der Waals surface area contributed by atoms with Crippen LogP contribution in [0.5, 0.6) is 17.2 Å². The van der Waals surface area contributed by atoms with Crippen LogP contribution in [-0.4, -0.2) is 16.7 Å². The van der Waals surface area contributed by atoms with Gasteiger partial charge in [-0.2, -0.15) is 0 Å². The second kappa shape index (κ2) is 6.91. The van der Waals surface area contributed by atoms with Gasteiger partial charge in [-0.3, -0.25) is 4.79 Å². The van der Waals surface area contributed by atoms with Gasteiger partial charge in [-0.1, -0.05) is 43.0 Å². The van der Waals surface area contributed by atoms with E-state index in [4.69, 9.17) is 9.47 Å². The zero-order valence-electron chi connectivity index (χ0n) is 13.0. The fraction of sp³-hybridized carbons (Fsp3) is 0.105. The Morgan fingerprint density at radius 2 is 1.88 bits per heavy atom. The summed E-state index contributed by atoms with van der Waals surface area (Å²) in [6.45, 7) is 4.08. The fourth-order valence-electron chi connectivity index (χ4n) is 2.38. The van der Waals surface area contributed by atoms with Crippen LogP contribution in [0.1, 0.15) is 5.56 Å². The molecule has 3 rings (SSSR count). The Morgan fingerprint density at radius 1 is 1.08 bits per heavy atom. The number of pyridine rings is 1. The Labute approximate surface area is 138 Å². The molecule has 0 unspecified atom stereocenters. The molecule has 122 valence electrons. The third-order valence-corrected chi connectivity index (χ3v) is 3.48. The van der Waals surface area contributed by atoms with Gasteiger partial charge in [0.15, 0.2) is 5.75 Å². The SMILES string of the molecule is C=CCOc1c(OCc2ccccc2)c2ccc(O)cc2[nH]c1=O. The van der Waals surface area contributed by atoms with Crippen LogP contribution >= 0.6 is 0 Å². The first kappa shape index (κ1) is 15.7. The molecule has 0 fully saturated rings. The lowest BCUT2D eigenvalue weighted by Gasteiger charge is -2.14. The summed E-state index contributed by atoms with van der Waals surface area (Å²) in [4.78, 5) is 15.0. The topological polar surface area (TPSA) is 71.5 Å². The molecule has 0 spiro atoms. The van der Waals surface area contributed by atoms with Crippen molar-refractivity contribution >= 4 is 10.9 Å².